The van der Waals surface area contributed by atoms with E-state index in [4.69, 9.17) is 10.3 Å². The van der Waals surface area contributed by atoms with Crippen molar-refractivity contribution in [1.29, 1.82) is 0 Å². The SMILES string of the molecule is CCN(CC(=O)Nc1c(F)cccc1F)Cc1noc(CN)n1.Cl. The number of para-hydroxylation sites is 1. The Bertz CT molecular complexity index is 663. The second-order valence-electron chi connectivity index (χ2n) is 4.76. The van der Waals surface area contributed by atoms with Crippen LogP contribution in [-0.4, -0.2) is 34.0 Å². The highest BCUT2D eigenvalue weighted by atomic mass is 35.5. The smallest absolute Gasteiger partial charge is 0.240 e. The molecule has 0 radical (unpaired) electrons. The molecule has 0 unspecified atom stereocenters. The van der Waals surface area contributed by atoms with Crippen LogP contribution < -0.4 is 11.1 Å². The van der Waals surface area contributed by atoms with Crippen molar-refractivity contribution in [3.8, 4) is 0 Å². The summed E-state index contributed by atoms with van der Waals surface area (Å²) in [5.74, 6) is -1.51. The number of halogens is 3. The van der Waals surface area contributed by atoms with Gasteiger partial charge in [-0.15, -0.1) is 12.4 Å². The second-order valence-corrected chi connectivity index (χ2v) is 4.76. The Labute approximate surface area is 143 Å². The van der Waals surface area contributed by atoms with Crippen LogP contribution in [0.25, 0.3) is 0 Å². The molecule has 0 aliphatic heterocycles. The third kappa shape index (κ3) is 5.22. The number of carbonyl (C=O) groups excluding carboxylic acids is 1. The Morgan fingerprint density at radius 3 is 2.58 bits per heavy atom. The summed E-state index contributed by atoms with van der Waals surface area (Å²) in [6, 6.07) is 3.37. The molecular weight excluding hydrogens is 344 g/mol. The lowest BCUT2D eigenvalue weighted by Gasteiger charge is -2.18. The molecule has 0 atom stereocenters. The van der Waals surface area contributed by atoms with Crippen molar-refractivity contribution < 1.29 is 18.1 Å². The first-order valence-corrected chi connectivity index (χ1v) is 7.01. The molecule has 0 saturated carbocycles. The zero-order valence-electron chi connectivity index (χ0n) is 13.0. The minimum Gasteiger partial charge on any atom is -0.338 e. The predicted molar refractivity (Wildman–Crippen MR) is 85.4 cm³/mol. The monoisotopic (exact) mass is 361 g/mol. The molecule has 2 rings (SSSR count). The van der Waals surface area contributed by atoms with Crippen molar-refractivity contribution in [1.82, 2.24) is 15.0 Å². The van der Waals surface area contributed by atoms with E-state index in [1.165, 1.54) is 6.07 Å². The number of nitrogens with zero attached hydrogens (tertiary/aromatic N) is 3. The number of nitrogens with two attached hydrogens (primary N) is 1. The maximum Gasteiger partial charge on any atom is 0.240 e. The quantitative estimate of drug-likeness (QED) is 0.779. The van der Waals surface area contributed by atoms with E-state index in [1.54, 1.807) is 4.90 Å². The highest BCUT2D eigenvalue weighted by Gasteiger charge is 2.16. The minimum absolute atomic E-state index is 0. The summed E-state index contributed by atoms with van der Waals surface area (Å²) in [5, 5.41) is 5.97. The molecule has 24 heavy (non-hydrogen) atoms. The van der Waals surface area contributed by atoms with Crippen LogP contribution in [0.3, 0.4) is 0 Å². The fourth-order valence-corrected chi connectivity index (χ4v) is 1.92. The number of anilines is 1. The Morgan fingerprint density at radius 2 is 2.04 bits per heavy atom. The molecule has 1 heterocycles. The van der Waals surface area contributed by atoms with Crippen molar-refractivity contribution in [2.75, 3.05) is 18.4 Å². The maximum atomic E-state index is 13.5. The van der Waals surface area contributed by atoms with Crippen molar-refractivity contribution in [2.45, 2.75) is 20.0 Å². The van der Waals surface area contributed by atoms with Crippen LogP contribution >= 0.6 is 12.4 Å². The van der Waals surface area contributed by atoms with E-state index in [2.05, 4.69) is 15.5 Å². The maximum absolute atomic E-state index is 13.5. The van der Waals surface area contributed by atoms with E-state index in [9.17, 15) is 13.6 Å². The predicted octanol–water partition coefficient (Wildman–Crippen LogP) is 1.69. The van der Waals surface area contributed by atoms with Crippen LogP contribution in [0.1, 0.15) is 18.6 Å². The molecule has 0 spiro atoms. The van der Waals surface area contributed by atoms with E-state index in [0.29, 0.717) is 18.3 Å². The number of hydrogen-bond acceptors (Lipinski definition) is 6. The number of likely N-dealkylation sites (N-methyl/N-ethyl adjacent to an activating group) is 1. The molecule has 1 aromatic heterocycles. The Balaban J connectivity index is 0.00000288. The van der Waals surface area contributed by atoms with Gasteiger partial charge in [-0.05, 0) is 18.7 Å². The normalized spacial score (nSPS) is 10.5. The average Bonchev–Trinajstić information content (AvgIpc) is 2.98. The number of hydrogen-bond donors (Lipinski definition) is 2. The molecule has 1 amide bonds. The third-order valence-corrected chi connectivity index (χ3v) is 3.09. The Kier molecular flexibility index (Phi) is 7.69. The van der Waals surface area contributed by atoms with E-state index < -0.39 is 23.2 Å². The van der Waals surface area contributed by atoms with Gasteiger partial charge in [0.05, 0.1) is 19.6 Å². The molecule has 3 N–H and O–H groups in total. The van der Waals surface area contributed by atoms with Crippen molar-refractivity contribution in [3.63, 3.8) is 0 Å². The topological polar surface area (TPSA) is 97.3 Å². The summed E-state index contributed by atoms with van der Waals surface area (Å²) >= 11 is 0. The lowest BCUT2D eigenvalue weighted by molar-refractivity contribution is -0.117. The largest absolute Gasteiger partial charge is 0.338 e. The summed E-state index contributed by atoms with van der Waals surface area (Å²) in [7, 11) is 0. The molecule has 0 bridgehead atoms. The van der Waals surface area contributed by atoms with Gasteiger partial charge in [-0.25, -0.2) is 8.78 Å². The van der Waals surface area contributed by atoms with E-state index >= 15 is 0 Å². The highest BCUT2D eigenvalue weighted by Crippen LogP contribution is 2.17. The zero-order chi connectivity index (χ0) is 16.8. The molecule has 132 valence electrons. The molecule has 10 heteroatoms. The Morgan fingerprint density at radius 1 is 1.38 bits per heavy atom. The first kappa shape index (κ1) is 19.9. The molecule has 2 aromatic rings. The number of amides is 1. The molecule has 0 saturated heterocycles. The van der Waals surface area contributed by atoms with Crippen LogP contribution in [0, 0.1) is 11.6 Å². The van der Waals surface area contributed by atoms with E-state index in [1.807, 2.05) is 6.92 Å². The molecule has 0 aliphatic carbocycles. The second kappa shape index (κ2) is 9.26. The number of aromatic nitrogens is 2. The van der Waals surface area contributed by atoms with Crippen LogP contribution in [-0.2, 0) is 17.9 Å². The Hall–Kier alpha value is -2.10. The summed E-state index contributed by atoms with van der Waals surface area (Å²) in [4.78, 5) is 17.7. The summed E-state index contributed by atoms with van der Waals surface area (Å²) < 4.78 is 31.9. The van der Waals surface area contributed by atoms with Crippen LogP contribution in [0.4, 0.5) is 14.5 Å². The van der Waals surface area contributed by atoms with Gasteiger partial charge in [0.15, 0.2) is 5.82 Å². The van der Waals surface area contributed by atoms with E-state index in [-0.39, 0.29) is 32.0 Å². The summed E-state index contributed by atoms with van der Waals surface area (Å²) in [5.41, 5.74) is 4.92. The number of nitrogens with one attached hydrogen (secondary N) is 1. The third-order valence-electron chi connectivity index (χ3n) is 3.09. The highest BCUT2D eigenvalue weighted by molar-refractivity contribution is 5.92. The van der Waals surface area contributed by atoms with Crippen molar-refractivity contribution >= 4 is 24.0 Å². The standard InChI is InChI=1S/C14H17F2N5O2.ClH/c1-2-21(7-11-18-13(6-17)23-20-11)8-12(22)19-14-9(15)4-3-5-10(14)16;/h3-5H,2,6-8,17H2,1H3,(H,19,22);1H. The molecule has 1 aromatic carbocycles. The lowest BCUT2D eigenvalue weighted by atomic mass is 10.3. The summed E-state index contributed by atoms with van der Waals surface area (Å²) in [6.45, 7) is 2.66. The van der Waals surface area contributed by atoms with Gasteiger partial charge in [-0.2, -0.15) is 4.98 Å². The van der Waals surface area contributed by atoms with Gasteiger partial charge in [0, 0.05) is 0 Å². The first-order chi connectivity index (χ1) is 11.0. The molecule has 7 nitrogen and oxygen atoms in total. The number of carbonyl (C=O) groups is 1. The molecule has 0 fully saturated rings. The van der Waals surface area contributed by atoms with Gasteiger partial charge in [0.1, 0.15) is 17.3 Å². The molecular formula is C14H18ClF2N5O2. The van der Waals surface area contributed by atoms with Crippen molar-refractivity contribution in [2.24, 2.45) is 5.73 Å². The van der Waals surface area contributed by atoms with E-state index in [0.717, 1.165) is 12.1 Å². The first-order valence-electron chi connectivity index (χ1n) is 7.01. The number of benzene rings is 1. The van der Waals surface area contributed by atoms with Gasteiger partial charge in [0.2, 0.25) is 11.8 Å². The van der Waals surface area contributed by atoms with Gasteiger partial charge in [-0.1, -0.05) is 18.1 Å². The van der Waals surface area contributed by atoms with Gasteiger partial charge >= 0.3 is 0 Å². The van der Waals surface area contributed by atoms with Crippen LogP contribution in [0.2, 0.25) is 0 Å². The minimum atomic E-state index is -0.827. The molecule has 0 aliphatic rings. The zero-order valence-corrected chi connectivity index (χ0v) is 13.8. The van der Waals surface area contributed by atoms with Gasteiger partial charge in [0.25, 0.3) is 0 Å². The number of rotatable bonds is 7. The fraction of sp³-hybridized carbons (Fsp3) is 0.357. The fourth-order valence-electron chi connectivity index (χ4n) is 1.92. The van der Waals surface area contributed by atoms with Crippen molar-refractivity contribution in [3.05, 3.63) is 41.5 Å². The average molecular weight is 362 g/mol. The van der Waals surface area contributed by atoms with Crippen LogP contribution in [0.5, 0.6) is 0 Å². The van der Waals surface area contributed by atoms with Crippen LogP contribution in [0.15, 0.2) is 22.7 Å². The van der Waals surface area contributed by atoms with Gasteiger partial charge in [-0.3, -0.25) is 9.69 Å². The van der Waals surface area contributed by atoms with Gasteiger partial charge < -0.3 is 15.6 Å². The summed E-state index contributed by atoms with van der Waals surface area (Å²) in [6.07, 6.45) is 0. The lowest BCUT2D eigenvalue weighted by Crippen LogP contribution is -2.33.